The minimum absolute atomic E-state index is 0.00816. The lowest BCUT2D eigenvalue weighted by Crippen LogP contribution is -2.51. The second-order valence-electron chi connectivity index (χ2n) is 4.53. The van der Waals surface area contributed by atoms with Crippen LogP contribution in [0.2, 0.25) is 0 Å². The average Bonchev–Trinajstić information content (AvgIpc) is 2.34. The zero-order chi connectivity index (χ0) is 12.5. The lowest BCUT2D eigenvalue weighted by atomic mass is 9.92. The Morgan fingerprint density at radius 1 is 1.53 bits per heavy atom. The first kappa shape index (κ1) is 14.8. The second-order valence-corrected chi connectivity index (χ2v) is 5.76. The van der Waals surface area contributed by atoms with Gasteiger partial charge < -0.3 is 15.7 Å². The highest BCUT2D eigenvalue weighted by atomic mass is 32.2. The normalized spacial score (nSPS) is 24.6. The number of hydrogen-bond acceptors (Lipinski definition) is 4. The standard InChI is InChI=1S/C12H24N2O2S/c1-10-4-2-5-13-11(10)12(16)14-6-9-17-8-3-7-15/h10-11,13,15H,2-9H2,1H3,(H,14,16). The number of nitrogens with one attached hydrogen (secondary N) is 2. The van der Waals surface area contributed by atoms with E-state index in [0.29, 0.717) is 5.92 Å². The summed E-state index contributed by atoms with van der Waals surface area (Å²) < 4.78 is 0. The minimum Gasteiger partial charge on any atom is -0.396 e. The predicted octanol–water partition coefficient (Wildman–Crippen LogP) is 0.606. The van der Waals surface area contributed by atoms with Crippen LogP contribution in [-0.2, 0) is 4.79 Å². The van der Waals surface area contributed by atoms with E-state index in [1.807, 2.05) is 0 Å². The Morgan fingerprint density at radius 3 is 3.06 bits per heavy atom. The molecule has 1 fully saturated rings. The molecule has 1 aliphatic rings. The summed E-state index contributed by atoms with van der Waals surface area (Å²) in [6.07, 6.45) is 3.14. The van der Waals surface area contributed by atoms with Crippen LogP contribution in [0.5, 0.6) is 0 Å². The summed E-state index contributed by atoms with van der Waals surface area (Å²) in [5.74, 6) is 2.46. The van der Waals surface area contributed by atoms with Crippen molar-refractivity contribution < 1.29 is 9.90 Å². The van der Waals surface area contributed by atoms with Crippen molar-refractivity contribution in [2.75, 3.05) is 31.2 Å². The third-order valence-corrected chi connectivity index (χ3v) is 4.11. The molecule has 5 heteroatoms. The lowest BCUT2D eigenvalue weighted by Gasteiger charge is -2.28. The van der Waals surface area contributed by atoms with Crippen LogP contribution in [0.3, 0.4) is 0 Å². The molecular weight excluding hydrogens is 236 g/mol. The minimum atomic E-state index is -0.00816. The Kier molecular flexibility index (Phi) is 7.64. The first-order valence-electron chi connectivity index (χ1n) is 6.45. The fourth-order valence-electron chi connectivity index (χ4n) is 2.03. The van der Waals surface area contributed by atoms with Gasteiger partial charge in [0.1, 0.15) is 0 Å². The van der Waals surface area contributed by atoms with Crippen molar-refractivity contribution in [1.82, 2.24) is 10.6 Å². The molecule has 0 bridgehead atoms. The molecule has 1 rings (SSSR count). The van der Waals surface area contributed by atoms with Crippen molar-refractivity contribution in [1.29, 1.82) is 0 Å². The highest BCUT2D eigenvalue weighted by Gasteiger charge is 2.26. The molecule has 0 radical (unpaired) electrons. The van der Waals surface area contributed by atoms with Crippen LogP contribution < -0.4 is 10.6 Å². The molecule has 0 aliphatic carbocycles. The Hall–Kier alpha value is -0.260. The molecule has 2 unspecified atom stereocenters. The summed E-state index contributed by atoms with van der Waals surface area (Å²) in [5.41, 5.74) is 0. The van der Waals surface area contributed by atoms with Crippen molar-refractivity contribution in [3.8, 4) is 0 Å². The third-order valence-electron chi connectivity index (χ3n) is 3.04. The molecule has 0 saturated carbocycles. The van der Waals surface area contributed by atoms with Gasteiger partial charge in [-0.25, -0.2) is 0 Å². The highest BCUT2D eigenvalue weighted by Crippen LogP contribution is 2.15. The molecule has 2 atom stereocenters. The first-order valence-corrected chi connectivity index (χ1v) is 7.61. The zero-order valence-corrected chi connectivity index (χ0v) is 11.4. The SMILES string of the molecule is CC1CCCNC1C(=O)NCCSCCCO. The molecule has 0 aromatic carbocycles. The first-order chi connectivity index (χ1) is 8.25. The van der Waals surface area contributed by atoms with Crippen LogP contribution >= 0.6 is 11.8 Å². The Bertz CT molecular complexity index is 227. The number of aliphatic hydroxyl groups is 1. The molecule has 100 valence electrons. The highest BCUT2D eigenvalue weighted by molar-refractivity contribution is 7.99. The van der Waals surface area contributed by atoms with Crippen molar-refractivity contribution in [2.45, 2.75) is 32.2 Å². The quantitative estimate of drug-likeness (QED) is 0.587. The number of thioether (sulfide) groups is 1. The smallest absolute Gasteiger partial charge is 0.237 e. The zero-order valence-electron chi connectivity index (χ0n) is 10.6. The van der Waals surface area contributed by atoms with Crippen molar-refractivity contribution in [3.63, 3.8) is 0 Å². The van der Waals surface area contributed by atoms with E-state index in [4.69, 9.17) is 5.11 Å². The van der Waals surface area contributed by atoms with E-state index in [2.05, 4.69) is 17.6 Å². The monoisotopic (exact) mass is 260 g/mol. The molecule has 0 aromatic heterocycles. The Labute approximate surface area is 108 Å². The fourth-order valence-corrected chi connectivity index (χ4v) is 2.81. The maximum Gasteiger partial charge on any atom is 0.237 e. The maximum absolute atomic E-state index is 11.9. The topological polar surface area (TPSA) is 61.4 Å². The Morgan fingerprint density at radius 2 is 2.35 bits per heavy atom. The number of amides is 1. The van der Waals surface area contributed by atoms with Crippen LogP contribution in [0.15, 0.2) is 0 Å². The third kappa shape index (κ3) is 5.75. The number of carbonyl (C=O) groups is 1. The molecule has 3 N–H and O–H groups in total. The molecule has 1 heterocycles. The molecule has 17 heavy (non-hydrogen) atoms. The summed E-state index contributed by atoms with van der Waals surface area (Å²) in [4.78, 5) is 11.9. The molecule has 1 aliphatic heterocycles. The number of piperidine rings is 1. The molecule has 0 spiro atoms. The van der Waals surface area contributed by atoms with Gasteiger partial charge in [-0.1, -0.05) is 6.92 Å². The van der Waals surface area contributed by atoms with Gasteiger partial charge in [-0.15, -0.1) is 0 Å². The number of aliphatic hydroxyl groups excluding tert-OH is 1. The molecular formula is C12H24N2O2S. The second kappa shape index (κ2) is 8.78. The maximum atomic E-state index is 11.9. The van der Waals surface area contributed by atoms with Gasteiger partial charge in [0.2, 0.25) is 5.91 Å². The van der Waals surface area contributed by atoms with Crippen molar-refractivity contribution in [2.24, 2.45) is 5.92 Å². The number of hydrogen-bond donors (Lipinski definition) is 3. The van der Waals surface area contributed by atoms with Gasteiger partial charge in [0.05, 0.1) is 6.04 Å². The van der Waals surface area contributed by atoms with Crippen LogP contribution in [0.25, 0.3) is 0 Å². The molecule has 4 nitrogen and oxygen atoms in total. The van der Waals surface area contributed by atoms with Crippen molar-refractivity contribution in [3.05, 3.63) is 0 Å². The molecule has 1 saturated heterocycles. The van der Waals surface area contributed by atoms with E-state index in [9.17, 15) is 4.79 Å². The molecule has 0 aromatic rings. The summed E-state index contributed by atoms with van der Waals surface area (Å²) in [6.45, 7) is 4.06. The van der Waals surface area contributed by atoms with E-state index in [1.165, 1.54) is 6.42 Å². The summed E-state index contributed by atoms with van der Waals surface area (Å²) in [6, 6.07) is -0.00816. The van der Waals surface area contributed by atoms with Gasteiger partial charge in [0.15, 0.2) is 0 Å². The summed E-state index contributed by atoms with van der Waals surface area (Å²) >= 11 is 1.77. The van der Waals surface area contributed by atoms with Crippen LogP contribution in [0.4, 0.5) is 0 Å². The predicted molar refractivity (Wildman–Crippen MR) is 72.2 cm³/mol. The fraction of sp³-hybridized carbons (Fsp3) is 0.917. The van der Waals surface area contributed by atoms with E-state index in [-0.39, 0.29) is 18.6 Å². The average molecular weight is 260 g/mol. The summed E-state index contributed by atoms with van der Waals surface area (Å²) in [5, 5.41) is 14.9. The van der Waals surface area contributed by atoms with Crippen LogP contribution in [0.1, 0.15) is 26.2 Å². The number of rotatable bonds is 7. The van der Waals surface area contributed by atoms with Gasteiger partial charge in [0, 0.05) is 18.9 Å². The molecule has 1 amide bonds. The van der Waals surface area contributed by atoms with Crippen LogP contribution in [0, 0.1) is 5.92 Å². The van der Waals surface area contributed by atoms with Gasteiger partial charge in [-0.2, -0.15) is 11.8 Å². The van der Waals surface area contributed by atoms with E-state index in [1.54, 1.807) is 11.8 Å². The van der Waals surface area contributed by atoms with Gasteiger partial charge >= 0.3 is 0 Å². The van der Waals surface area contributed by atoms with Gasteiger partial charge in [-0.3, -0.25) is 4.79 Å². The van der Waals surface area contributed by atoms with E-state index < -0.39 is 0 Å². The Balaban J connectivity index is 2.07. The van der Waals surface area contributed by atoms with E-state index >= 15 is 0 Å². The largest absolute Gasteiger partial charge is 0.396 e. The van der Waals surface area contributed by atoms with Crippen LogP contribution in [-0.4, -0.2) is 48.3 Å². The van der Waals surface area contributed by atoms with Gasteiger partial charge in [-0.05, 0) is 37.5 Å². The lowest BCUT2D eigenvalue weighted by molar-refractivity contribution is -0.124. The van der Waals surface area contributed by atoms with E-state index in [0.717, 1.165) is 37.4 Å². The summed E-state index contributed by atoms with van der Waals surface area (Å²) in [7, 11) is 0. The van der Waals surface area contributed by atoms with Gasteiger partial charge in [0.25, 0.3) is 0 Å². The van der Waals surface area contributed by atoms with Crippen molar-refractivity contribution >= 4 is 17.7 Å². The number of carbonyl (C=O) groups excluding carboxylic acids is 1.